The van der Waals surface area contributed by atoms with Crippen LogP contribution in [0.3, 0.4) is 0 Å². The summed E-state index contributed by atoms with van der Waals surface area (Å²) in [5.41, 5.74) is 2.09. The van der Waals surface area contributed by atoms with Gasteiger partial charge in [0.1, 0.15) is 17.2 Å². The lowest BCUT2D eigenvalue weighted by Crippen LogP contribution is -2.10. The minimum absolute atomic E-state index is 0.0170. The molecule has 3 rings (SSSR count). The second kappa shape index (κ2) is 10.0. The van der Waals surface area contributed by atoms with Crippen LogP contribution in [0.4, 0.5) is 5.69 Å². The van der Waals surface area contributed by atoms with Gasteiger partial charge in [0.25, 0.3) is 0 Å². The molecule has 8 nitrogen and oxygen atoms in total. The third kappa shape index (κ3) is 5.24. The summed E-state index contributed by atoms with van der Waals surface area (Å²) in [6.45, 7) is 4.11. The maximum absolute atomic E-state index is 12.6. The SMILES string of the molecule is CCn1c(SCC(=O)Cc2cc(NC(C)=O)ccc2OC)nnc1-c1ccccn1. The van der Waals surface area contributed by atoms with E-state index in [0.717, 1.165) is 11.3 Å². The molecule has 9 heteroatoms. The number of benzene rings is 1. The highest BCUT2D eigenvalue weighted by Crippen LogP contribution is 2.26. The molecule has 0 atom stereocenters. The largest absolute Gasteiger partial charge is 0.496 e. The molecule has 0 bridgehead atoms. The Bertz CT molecular complexity index is 1040. The summed E-state index contributed by atoms with van der Waals surface area (Å²) in [5, 5.41) is 11.9. The molecule has 0 saturated heterocycles. The van der Waals surface area contributed by atoms with Gasteiger partial charge in [-0.15, -0.1) is 10.2 Å². The second-order valence-corrected chi connectivity index (χ2v) is 7.42. The Labute approximate surface area is 179 Å². The van der Waals surface area contributed by atoms with E-state index < -0.39 is 0 Å². The van der Waals surface area contributed by atoms with Gasteiger partial charge in [-0.3, -0.25) is 14.6 Å². The topological polar surface area (TPSA) is 99.0 Å². The molecule has 0 aliphatic carbocycles. The molecule has 2 aromatic heterocycles. The van der Waals surface area contributed by atoms with Crippen molar-refractivity contribution < 1.29 is 14.3 Å². The zero-order valence-electron chi connectivity index (χ0n) is 17.1. The van der Waals surface area contributed by atoms with Crippen molar-refractivity contribution in [2.45, 2.75) is 32.0 Å². The van der Waals surface area contributed by atoms with Crippen LogP contribution in [-0.4, -0.2) is 44.3 Å². The first kappa shape index (κ1) is 21.5. The molecule has 30 heavy (non-hydrogen) atoms. The van der Waals surface area contributed by atoms with Gasteiger partial charge in [0.05, 0.1) is 12.9 Å². The summed E-state index contributed by atoms with van der Waals surface area (Å²) in [6.07, 6.45) is 1.90. The van der Waals surface area contributed by atoms with Crippen molar-refractivity contribution in [3.63, 3.8) is 0 Å². The summed E-state index contributed by atoms with van der Waals surface area (Å²) >= 11 is 1.34. The number of aromatic nitrogens is 4. The summed E-state index contributed by atoms with van der Waals surface area (Å²) in [4.78, 5) is 28.2. The van der Waals surface area contributed by atoms with Crippen LogP contribution in [0.5, 0.6) is 5.75 Å². The fourth-order valence-corrected chi connectivity index (χ4v) is 3.83. The molecule has 156 valence electrons. The number of Topliss-reactive ketones (excluding diaryl/α,β-unsaturated/α-hetero) is 1. The van der Waals surface area contributed by atoms with E-state index in [2.05, 4.69) is 20.5 Å². The molecule has 1 amide bonds. The average Bonchev–Trinajstić information content (AvgIpc) is 3.15. The first-order valence-electron chi connectivity index (χ1n) is 9.45. The predicted molar refractivity (Wildman–Crippen MR) is 116 cm³/mol. The third-order valence-electron chi connectivity index (χ3n) is 4.28. The molecule has 0 saturated carbocycles. The maximum atomic E-state index is 12.6. The normalized spacial score (nSPS) is 10.6. The minimum Gasteiger partial charge on any atom is -0.496 e. The Morgan fingerprint density at radius 2 is 2.03 bits per heavy atom. The highest BCUT2D eigenvalue weighted by molar-refractivity contribution is 7.99. The van der Waals surface area contributed by atoms with Gasteiger partial charge in [0, 0.05) is 37.3 Å². The number of ether oxygens (including phenoxy) is 1. The van der Waals surface area contributed by atoms with Crippen molar-refractivity contribution in [2.75, 3.05) is 18.2 Å². The standard InChI is InChI=1S/C21H23N5O3S/c1-4-26-20(18-7-5-6-10-22-18)24-25-21(26)30-13-17(28)12-15-11-16(23-14(2)27)8-9-19(15)29-3/h5-11H,4,12-13H2,1-3H3,(H,23,27). The lowest BCUT2D eigenvalue weighted by Gasteiger charge is -2.11. The molecule has 0 spiro atoms. The zero-order chi connectivity index (χ0) is 21.5. The van der Waals surface area contributed by atoms with E-state index in [-0.39, 0.29) is 23.9 Å². The highest BCUT2D eigenvalue weighted by Gasteiger charge is 2.16. The van der Waals surface area contributed by atoms with E-state index in [0.29, 0.717) is 29.0 Å². The van der Waals surface area contributed by atoms with E-state index in [1.165, 1.54) is 18.7 Å². The van der Waals surface area contributed by atoms with Crippen LogP contribution in [-0.2, 0) is 22.6 Å². The molecular formula is C21H23N5O3S. The lowest BCUT2D eigenvalue weighted by molar-refractivity contribution is -0.116. The number of anilines is 1. The quantitative estimate of drug-likeness (QED) is 0.526. The number of rotatable bonds is 9. The molecule has 0 aliphatic heterocycles. The van der Waals surface area contributed by atoms with E-state index in [1.807, 2.05) is 29.7 Å². The molecule has 1 N–H and O–H groups in total. The van der Waals surface area contributed by atoms with Gasteiger partial charge in [0.2, 0.25) is 5.91 Å². The number of hydrogen-bond donors (Lipinski definition) is 1. The third-order valence-corrected chi connectivity index (χ3v) is 5.30. The highest BCUT2D eigenvalue weighted by atomic mass is 32.2. The van der Waals surface area contributed by atoms with E-state index in [4.69, 9.17) is 4.74 Å². The fraction of sp³-hybridized carbons (Fsp3) is 0.286. The van der Waals surface area contributed by atoms with Gasteiger partial charge in [-0.05, 0) is 37.3 Å². The van der Waals surface area contributed by atoms with Crippen molar-refractivity contribution in [3.05, 3.63) is 48.2 Å². The number of ketones is 1. The fourth-order valence-electron chi connectivity index (χ4n) is 2.97. The van der Waals surface area contributed by atoms with E-state index in [1.54, 1.807) is 31.5 Å². The average molecular weight is 426 g/mol. The van der Waals surface area contributed by atoms with Crippen LogP contribution in [0.1, 0.15) is 19.4 Å². The number of nitrogens with zero attached hydrogens (tertiary/aromatic N) is 4. The molecule has 3 aromatic rings. The van der Waals surface area contributed by atoms with Crippen molar-refractivity contribution in [1.82, 2.24) is 19.7 Å². The van der Waals surface area contributed by atoms with Crippen LogP contribution in [0.15, 0.2) is 47.8 Å². The molecule has 0 fully saturated rings. The molecule has 0 aliphatic rings. The molecule has 2 heterocycles. The number of amides is 1. The van der Waals surface area contributed by atoms with Gasteiger partial charge in [0.15, 0.2) is 11.0 Å². The van der Waals surface area contributed by atoms with Gasteiger partial charge >= 0.3 is 0 Å². The van der Waals surface area contributed by atoms with Crippen molar-refractivity contribution in [3.8, 4) is 17.3 Å². The number of methoxy groups -OCH3 is 1. The predicted octanol–water partition coefficient (Wildman–Crippen LogP) is 3.23. The van der Waals surface area contributed by atoms with Gasteiger partial charge in [-0.25, -0.2) is 0 Å². The Hall–Kier alpha value is -3.20. The van der Waals surface area contributed by atoms with E-state index >= 15 is 0 Å². The number of thioether (sulfide) groups is 1. The molecule has 0 unspecified atom stereocenters. The molecule has 0 radical (unpaired) electrons. The molecular weight excluding hydrogens is 402 g/mol. The van der Waals surface area contributed by atoms with Crippen LogP contribution < -0.4 is 10.1 Å². The summed E-state index contributed by atoms with van der Waals surface area (Å²) in [7, 11) is 1.55. The summed E-state index contributed by atoms with van der Waals surface area (Å²) < 4.78 is 7.30. The van der Waals surface area contributed by atoms with E-state index in [9.17, 15) is 9.59 Å². The monoisotopic (exact) mass is 425 g/mol. The number of carbonyl (C=O) groups is 2. The van der Waals surface area contributed by atoms with Crippen LogP contribution in [0.2, 0.25) is 0 Å². The van der Waals surface area contributed by atoms with Crippen molar-refractivity contribution >= 4 is 29.1 Å². The number of carbonyl (C=O) groups excluding carboxylic acids is 2. The lowest BCUT2D eigenvalue weighted by atomic mass is 10.1. The van der Waals surface area contributed by atoms with Crippen LogP contribution >= 0.6 is 11.8 Å². The van der Waals surface area contributed by atoms with Gasteiger partial charge < -0.3 is 14.6 Å². The maximum Gasteiger partial charge on any atom is 0.221 e. The van der Waals surface area contributed by atoms with Crippen LogP contribution in [0.25, 0.3) is 11.5 Å². The first-order chi connectivity index (χ1) is 14.5. The van der Waals surface area contributed by atoms with Crippen molar-refractivity contribution in [2.24, 2.45) is 0 Å². The Morgan fingerprint density at radius 1 is 1.20 bits per heavy atom. The smallest absolute Gasteiger partial charge is 0.221 e. The zero-order valence-corrected chi connectivity index (χ0v) is 17.9. The number of nitrogens with one attached hydrogen (secondary N) is 1. The summed E-state index contributed by atoms with van der Waals surface area (Å²) in [5.74, 6) is 1.38. The Morgan fingerprint density at radius 3 is 2.70 bits per heavy atom. The Balaban J connectivity index is 1.69. The molecule has 1 aromatic carbocycles. The number of hydrogen-bond acceptors (Lipinski definition) is 7. The summed E-state index contributed by atoms with van der Waals surface area (Å²) in [6, 6.07) is 10.9. The van der Waals surface area contributed by atoms with Crippen molar-refractivity contribution in [1.29, 1.82) is 0 Å². The Kier molecular flexibility index (Phi) is 7.18. The van der Waals surface area contributed by atoms with Gasteiger partial charge in [-0.1, -0.05) is 17.8 Å². The first-order valence-corrected chi connectivity index (χ1v) is 10.4. The second-order valence-electron chi connectivity index (χ2n) is 6.48. The van der Waals surface area contributed by atoms with Crippen LogP contribution in [0, 0.1) is 0 Å². The number of pyridine rings is 1. The van der Waals surface area contributed by atoms with Gasteiger partial charge in [-0.2, -0.15) is 0 Å². The minimum atomic E-state index is -0.171.